The lowest BCUT2D eigenvalue weighted by molar-refractivity contribution is -0.920. The number of nitrogens with zero attached hydrogens (tertiary/aromatic N) is 1. The predicted octanol–water partition coefficient (Wildman–Crippen LogP) is -0.846. The molecule has 3 N–H and O–H groups in total. The van der Waals surface area contributed by atoms with Crippen LogP contribution in [-0.4, -0.2) is 62.5 Å². The molecule has 152 valence electrons. The Hall–Kier alpha value is -2.61. The summed E-state index contributed by atoms with van der Waals surface area (Å²) in [6, 6.07) is 5.24. The molecule has 1 atom stereocenters. The van der Waals surface area contributed by atoms with Crippen LogP contribution < -0.4 is 20.1 Å². The SMILES string of the molecule is COc1ccc(CCN2C(=O)C[C@@H]([NH+]3CCC(C(N)=O)CC3)C2=O)cc1OC. The van der Waals surface area contributed by atoms with Crippen molar-refractivity contribution in [2.24, 2.45) is 11.7 Å². The van der Waals surface area contributed by atoms with Gasteiger partial charge in [-0.3, -0.25) is 19.3 Å². The van der Waals surface area contributed by atoms with E-state index in [0.717, 1.165) is 10.5 Å². The van der Waals surface area contributed by atoms with Gasteiger partial charge >= 0.3 is 0 Å². The molecular weight excluding hydrogens is 362 g/mol. The number of imide groups is 1. The van der Waals surface area contributed by atoms with E-state index in [4.69, 9.17) is 15.2 Å². The van der Waals surface area contributed by atoms with Gasteiger partial charge in [-0.1, -0.05) is 6.07 Å². The van der Waals surface area contributed by atoms with Crippen LogP contribution in [0.5, 0.6) is 11.5 Å². The molecule has 0 spiro atoms. The number of hydrogen-bond acceptors (Lipinski definition) is 5. The normalized spacial score (nSPS) is 25.1. The molecule has 28 heavy (non-hydrogen) atoms. The minimum absolute atomic E-state index is 0.113. The van der Waals surface area contributed by atoms with Crippen LogP contribution in [0.4, 0.5) is 0 Å². The maximum Gasteiger partial charge on any atom is 0.288 e. The minimum Gasteiger partial charge on any atom is -0.493 e. The van der Waals surface area contributed by atoms with Crippen LogP contribution >= 0.6 is 0 Å². The van der Waals surface area contributed by atoms with Gasteiger partial charge in [0.15, 0.2) is 17.5 Å². The third kappa shape index (κ3) is 4.11. The highest BCUT2D eigenvalue weighted by Gasteiger charge is 2.45. The Kier molecular flexibility index (Phi) is 6.18. The number of methoxy groups -OCH3 is 2. The molecular formula is C20H28N3O5+. The second-order valence-electron chi connectivity index (χ2n) is 7.41. The highest BCUT2D eigenvalue weighted by atomic mass is 16.5. The fraction of sp³-hybridized carbons (Fsp3) is 0.550. The van der Waals surface area contributed by atoms with Crippen molar-refractivity contribution < 1.29 is 28.8 Å². The number of benzene rings is 1. The largest absolute Gasteiger partial charge is 0.493 e. The van der Waals surface area contributed by atoms with Crippen LogP contribution in [0.3, 0.4) is 0 Å². The summed E-state index contributed by atoms with van der Waals surface area (Å²) < 4.78 is 10.5. The molecule has 0 saturated carbocycles. The number of amides is 3. The number of ether oxygens (including phenoxy) is 2. The number of primary amides is 1. The number of piperidine rings is 1. The lowest BCUT2D eigenvalue weighted by atomic mass is 9.95. The highest BCUT2D eigenvalue weighted by Crippen LogP contribution is 2.28. The second kappa shape index (κ2) is 8.60. The first-order valence-corrected chi connectivity index (χ1v) is 9.63. The van der Waals surface area contributed by atoms with Gasteiger partial charge < -0.3 is 20.1 Å². The van der Waals surface area contributed by atoms with Crippen molar-refractivity contribution in [1.82, 2.24) is 4.90 Å². The number of likely N-dealkylation sites (tertiary alicyclic amines) is 2. The summed E-state index contributed by atoms with van der Waals surface area (Å²) in [7, 11) is 3.15. The summed E-state index contributed by atoms with van der Waals surface area (Å²) in [5.74, 6) is 0.640. The van der Waals surface area contributed by atoms with Crippen molar-refractivity contribution in [3.05, 3.63) is 23.8 Å². The van der Waals surface area contributed by atoms with E-state index < -0.39 is 0 Å². The molecule has 1 aromatic carbocycles. The number of quaternary nitrogens is 1. The zero-order chi connectivity index (χ0) is 20.3. The Morgan fingerprint density at radius 3 is 2.46 bits per heavy atom. The maximum atomic E-state index is 12.8. The molecule has 2 heterocycles. The maximum absolute atomic E-state index is 12.8. The van der Waals surface area contributed by atoms with Crippen molar-refractivity contribution in [2.75, 3.05) is 33.9 Å². The van der Waals surface area contributed by atoms with Gasteiger partial charge in [-0.2, -0.15) is 0 Å². The Morgan fingerprint density at radius 2 is 1.86 bits per heavy atom. The van der Waals surface area contributed by atoms with Crippen LogP contribution in [0.2, 0.25) is 0 Å². The zero-order valence-corrected chi connectivity index (χ0v) is 16.4. The molecule has 0 bridgehead atoms. The minimum atomic E-state index is -0.341. The van der Waals surface area contributed by atoms with E-state index in [1.165, 1.54) is 4.90 Å². The van der Waals surface area contributed by atoms with Gasteiger partial charge in [0.25, 0.3) is 5.91 Å². The highest BCUT2D eigenvalue weighted by molar-refractivity contribution is 6.04. The van der Waals surface area contributed by atoms with Gasteiger partial charge in [0.1, 0.15) is 0 Å². The van der Waals surface area contributed by atoms with Gasteiger partial charge in [-0.05, 0) is 24.1 Å². The van der Waals surface area contributed by atoms with Crippen molar-refractivity contribution >= 4 is 17.7 Å². The van der Waals surface area contributed by atoms with Gasteiger partial charge in [-0.15, -0.1) is 0 Å². The molecule has 3 rings (SSSR count). The van der Waals surface area contributed by atoms with Crippen molar-refractivity contribution in [2.45, 2.75) is 31.7 Å². The number of rotatable bonds is 7. The summed E-state index contributed by atoms with van der Waals surface area (Å²) in [5.41, 5.74) is 6.35. The Bertz CT molecular complexity index is 758. The second-order valence-corrected chi connectivity index (χ2v) is 7.41. The first kappa shape index (κ1) is 20.1. The van der Waals surface area contributed by atoms with Crippen LogP contribution in [0.15, 0.2) is 18.2 Å². The van der Waals surface area contributed by atoms with Crippen molar-refractivity contribution in [1.29, 1.82) is 0 Å². The summed E-state index contributed by atoms with van der Waals surface area (Å²) in [4.78, 5) is 39.0. The third-order valence-electron chi connectivity index (χ3n) is 5.84. The third-order valence-corrected chi connectivity index (χ3v) is 5.84. The number of carbonyl (C=O) groups excluding carboxylic acids is 3. The first-order valence-electron chi connectivity index (χ1n) is 9.63. The molecule has 8 heteroatoms. The fourth-order valence-corrected chi connectivity index (χ4v) is 4.14. The molecule has 8 nitrogen and oxygen atoms in total. The van der Waals surface area contributed by atoms with Crippen LogP contribution in [0.25, 0.3) is 0 Å². The van der Waals surface area contributed by atoms with Crippen molar-refractivity contribution in [3.8, 4) is 11.5 Å². The van der Waals surface area contributed by atoms with Crippen LogP contribution in [0.1, 0.15) is 24.8 Å². The standard InChI is InChI=1S/C20H27N3O5/c1-27-16-4-3-13(11-17(16)28-2)5-10-23-18(24)12-15(20(23)26)22-8-6-14(7-9-22)19(21)25/h3-4,11,14-15H,5-10,12H2,1-2H3,(H2,21,25)/p+1/t15-/m1/s1. The summed E-state index contributed by atoms with van der Waals surface area (Å²) in [6.07, 6.45) is 2.15. The van der Waals surface area contributed by atoms with Crippen LogP contribution in [0, 0.1) is 5.92 Å². The quantitative estimate of drug-likeness (QED) is 0.591. The average molecular weight is 390 g/mol. The Morgan fingerprint density at radius 1 is 1.18 bits per heavy atom. The number of hydrogen-bond donors (Lipinski definition) is 2. The molecule has 0 unspecified atom stereocenters. The lowest BCUT2D eigenvalue weighted by Gasteiger charge is -2.30. The van der Waals surface area contributed by atoms with Gasteiger partial charge in [-0.25, -0.2) is 0 Å². The molecule has 2 saturated heterocycles. The van der Waals surface area contributed by atoms with E-state index in [0.29, 0.717) is 50.4 Å². The van der Waals surface area contributed by atoms with Crippen molar-refractivity contribution in [3.63, 3.8) is 0 Å². The monoisotopic (exact) mass is 390 g/mol. The van der Waals surface area contributed by atoms with Gasteiger partial charge in [0.05, 0.1) is 33.7 Å². The molecule has 2 aliphatic rings. The van der Waals surface area contributed by atoms with E-state index in [1.807, 2.05) is 18.2 Å². The van der Waals surface area contributed by atoms with Crippen LogP contribution in [-0.2, 0) is 20.8 Å². The Balaban J connectivity index is 1.59. The van der Waals surface area contributed by atoms with E-state index >= 15 is 0 Å². The summed E-state index contributed by atoms with van der Waals surface area (Å²) in [6.45, 7) is 1.74. The molecule has 2 fully saturated rings. The topological polar surface area (TPSA) is 103 Å². The summed E-state index contributed by atoms with van der Waals surface area (Å²) in [5, 5.41) is 0. The number of nitrogens with two attached hydrogens (primary N) is 1. The fourth-order valence-electron chi connectivity index (χ4n) is 4.14. The molecule has 3 amide bonds. The smallest absolute Gasteiger partial charge is 0.288 e. The predicted molar refractivity (Wildman–Crippen MR) is 101 cm³/mol. The molecule has 0 radical (unpaired) electrons. The molecule has 1 aromatic rings. The van der Waals surface area contributed by atoms with E-state index in [1.54, 1.807) is 14.2 Å². The van der Waals surface area contributed by atoms with E-state index in [9.17, 15) is 14.4 Å². The number of nitrogens with one attached hydrogen (secondary N) is 1. The van der Waals surface area contributed by atoms with E-state index in [-0.39, 0.29) is 36.1 Å². The molecule has 0 aromatic heterocycles. The molecule has 2 aliphatic heterocycles. The zero-order valence-electron chi connectivity index (χ0n) is 16.4. The first-order chi connectivity index (χ1) is 13.4. The van der Waals surface area contributed by atoms with Gasteiger partial charge in [0, 0.05) is 25.3 Å². The Labute approximate surface area is 164 Å². The molecule has 0 aliphatic carbocycles. The van der Waals surface area contributed by atoms with E-state index in [2.05, 4.69) is 0 Å². The van der Waals surface area contributed by atoms with Gasteiger partial charge in [0.2, 0.25) is 11.8 Å². The average Bonchev–Trinajstić information content (AvgIpc) is 2.99. The lowest BCUT2D eigenvalue weighted by Crippen LogP contribution is -3.17. The summed E-state index contributed by atoms with van der Waals surface area (Å²) >= 11 is 0. The number of carbonyl (C=O) groups is 3.